The number of fused-ring (bicyclic) bond motifs is 3. The maximum absolute atomic E-state index is 6.79. The van der Waals surface area contributed by atoms with Crippen molar-refractivity contribution >= 4 is 22.1 Å². The second-order valence-corrected chi connectivity index (χ2v) is 13.3. The van der Waals surface area contributed by atoms with Crippen molar-refractivity contribution in [2.75, 3.05) is 0 Å². The van der Waals surface area contributed by atoms with Gasteiger partial charge in [-0.15, -0.1) is 0 Å². The Morgan fingerprint density at radius 1 is 0.291 bits per heavy atom. The van der Waals surface area contributed by atoms with Crippen molar-refractivity contribution < 1.29 is 4.42 Å². The Labute approximate surface area is 317 Å². The van der Waals surface area contributed by atoms with E-state index in [4.69, 9.17) is 29.3 Å². The molecule has 0 atom stereocenters. The molecule has 258 valence electrons. The van der Waals surface area contributed by atoms with Crippen molar-refractivity contribution in [1.82, 2.24) is 24.9 Å². The van der Waals surface area contributed by atoms with Gasteiger partial charge in [-0.1, -0.05) is 176 Å². The molecule has 0 amide bonds. The van der Waals surface area contributed by atoms with Crippen LogP contribution in [0.3, 0.4) is 0 Å². The van der Waals surface area contributed by atoms with Crippen LogP contribution in [0.25, 0.3) is 101 Å². The van der Waals surface area contributed by atoms with E-state index in [0.717, 1.165) is 72.3 Å². The van der Waals surface area contributed by atoms with Crippen LogP contribution in [-0.2, 0) is 0 Å². The van der Waals surface area contributed by atoms with Gasteiger partial charge in [0.15, 0.2) is 28.9 Å². The van der Waals surface area contributed by atoms with Gasteiger partial charge in [-0.2, -0.15) is 0 Å². The lowest BCUT2D eigenvalue weighted by molar-refractivity contribution is 0.668. The molecule has 0 saturated heterocycles. The molecule has 0 spiro atoms. The summed E-state index contributed by atoms with van der Waals surface area (Å²) in [6, 6.07) is 63.5. The normalized spacial score (nSPS) is 11.3. The number of nitrogens with zero attached hydrogens (tertiary/aromatic N) is 5. The van der Waals surface area contributed by atoms with Gasteiger partial charge in [0, 0.05) is 38.8 Å². The smallest absolute Gasteiger partial charge is 0.180 e. The Morgan fingerprint density at radius 3 is 1.35 bits per heavy atom. The van der Waals surface area contributed by atoms with Gasteiger partial charge in [0.2, 0.25) is 0 Å². The Kier molecular flexibility index (Phi) is 8.04. The molecule has 10 rings (SSSR count). The number of furan rings is 1. The van der Waals surface area contributed by atoms with Gasteiger partial charge in [-0.25, -0.2) is 24.9 Å². The summed E-state index contributed by atoms with van der Waals surface area (Å²) in [5.41, 5.74) is 11.7. The SMILES string of the molecule is c1ccc(-c2ccc(-c3nc(-c4ccccc4)nc(-c4cccc(-c5cccc6c5oc5c(-c7ccccc7)nc(-c7ccccc7)nc56)c4)n3)cc2)cc1. The van der Waals surface area contributed by atoms with Gasteiger partial charge < -0.3 is 4.42 Å². The van der Waals surface area contributed by atoms with E-state index in [-0.39, 0.29) is 0 Å². The summed E-state index contributed by atoms with van der Waals surface area (Å²) in [5, 5.41) is 0.919. The molecule has 6 nitrogen and oxygen atoms in total. The first kappa shape index (κ1) is 32.1. The molecule has 0 aliphatic heterocycles. The number of benzene rings is 7. The molecule has 10 aromatic rings. The molecular weight excluding hydrogens is 675 g/mol. The van der Waals surface area contributed by atoms with Gasteiger partial charge in [0.05, 0.1) is 0 Å². The molecule has 0 aliphatic carbocycles. The zero-order valence-corrected chi connectivity index (χ0v) is 29.5. The predicted octanol–water partition coefficient (Wildman–Crippen LogP) is 12.2. The van der Waals surface area contributed by atoms with Crippen LogP contribution in [-0.4, -0.2) is 24.9 Å². The third-order valence-electron chi connectivity index (χ3n) is 9.77. The Hall–Kier alpha value is -7.57. The number of aromatic nitrogens is 5. The lowest BCUT2D eigenvalue weighted by atomic mass is 10.0. The zero-order valence-electron chi connectivity index (χ0n) is 29.5. The standard InChI is InChI=1S/C49H31N5O/c1-5-15-32(16-6-1)33-27-29-37(30-28-33)48-52-47(36-21-11-4-12-22-36)53-49(54-48)39-24-13-23-38(31-39)40-25-14-26-41-43-45(55-44(40)41)42(34-17-7-2-8-18-34)50-46(51-43)35-19-9-3-10-20-35/h1-31H. The fourth-order valence-corrected chi connectivity index (χ4v) is 7.02. The molecule has 0 fully saturated rings. The maximum Gasteiger partial charge on any atom is 0.180 e. The highest BCUT2D eigenvalue weighted by molar-refractivity contribution is 6.11. The highest BCUT2D eigenvalue weighted by atomic mass is 16.3. The summed E-state index contributed by atoms with van der Waals surface area (Å²) in [7, 11) is 0. The molecule has 0 saturated carbocycles. The van der Waals surface area contributed by atoms with Crippen LogP contribution in [0.15, 0.2) is 192 Å². The van der Waals surface area contributed by atoms with Crippen molar-refractivity contribution in [2.24, 2.45) is 0 Å². The fraction of sp³-hybridized carbons (Fsp3) is 0. The second kappa shape index (κ2) is 13.8. The van der Waals surface area contributed by atoms with Crippen molar-refractivity contribution in [3.63, 3.8) is 0 Å². The Balaban J connectivity index is 1.11. The first-order valence-electron chi connectivity index (χ1n) is 18.2. The van der Waals surface area contributed by atoms with Gasteiger partial charge in [-0.05, 0) is 28.8 Å². The Bertz CT molecular complexity index is 2950. The van der Waals surface area contributed by atoms with E-state index in [1.165, 1.54) is 0 Å². The molecular formula is C49H31N5O. The van der Waals surface area contributed by atoms with Crippen LogP contribution >= 0.6 is 0 Å². The van der Waals surface area contributed by atoms with E-state index in [2.05, 4.69) is 78.9 Å². The van der Waals surface area contributed by atoms with Crippen molar-refractivity contribution in [3.8, 4) is 79.1 Å². The molecule has 0 radical (unpaired) electrons. The minimum Gasteiger partial charge on any atom is -0.451 e. The minimum absolute atomic E-state index is 0.583. The molecule has 3 aromatic heterocycles. The van der Waals surface area contributed by atoms with E-state index in [0.29, 0.717) is 28.9 Å². The van der Waals surface area contributed by atoms with E-state index >= 15 is 0 Å². The van der Waals surface area contributed by atoms with Gasteiger partial charge in [0.25, 0.3) is 0 Å². The van der Waals surface area contributed by atoms with Crippen LogP contribution in [0.1, 0.15) is 0 Å². The molecule has 7 aromatic carbocycles. The highest BCUT2D eigenvalue weighted by Gasteiger charge is 2.21. The van der Waals surface area contributed by atoms with Crippen LogP contribution in [0.2, 0.25) is 0 Å². The van der Waals surface area contributed by atoms with Crippen molar-refractivity contribution in [1.29, 1.82) is 0 Å². The van der Waals surface area contributed by atoms with E-state index in [1.807, 2.05) is 109 Å². The summed E-state index contributed by atoms with van der Waals surface area (Å²) in [5.74, 6) is 2.45. The largest absolute Gasteiger partial charge is 0.451 e. The topological polar surface area (TPSA) is 77.6 Å². The molecule has 0 aliphatic rings. The monoisotopic (exact) mass is 705 g/mol. The van der Waals surface area contributed by atoms with E-state index < -0.39 is 0 Å². The van der Waals surface area contributed by atoms with Crippen LogP contribution in [0.5, 0.6) is 0 Å². The summed E-state index contributed by atoms with van der Waals surface area (Å²) in [6.07, 6.45) is 0. The average molecular weight is 706 g/mol. The summed E-state index contributed by atoms with van der Waals surface area (Å²) < 4.78 is 6.79. The highest BCUT2D eigenvalue weighted by Crippen LogP contribution is 2.40. The number of para-hydroxylation sites is 1. The van der Waals surface area contributed by atoms with E-state index in [1.54, 1.807) is 0 Å². The number of hydrogen-bond donors (Lipinski definition) is 0. The molecule has 0 bridgehead atoms. The maximum atomic E-state index is 6.79. The average Bonchev–Trinajstić information content (AvgIpc) is 3.66. The number of hydrogen-bond acceptors (Lipinski definition) is 6. The lowest BCUT2D eigenvalue weighted by Crippen LogP contribution is -2.00. The van der Waals surface area contributed by atoms with Crippen LogP contribution in [0.4, 0.5) is 0 Å². The van der Waals surface area contributed by atoms with Crippen LogP contribution in [0, 0.1) is 0 Å². The third kappa shape index (κ3) is 6.11. The Morgan fingerprint density at radius 2 is 0.727 bits per heavy atom. The van der Waals surface area contributed by atoms with Gasteiger partial charge in [-0.3, -0.25) is 0 Å². The molecule has 3 heterocycles. The summed E-state index contributed by atoms with van der Waals surface area (Å²) in [6.45, 7) is 0. The lowest BCUT2D eigenvalue weighted by Gasteiger charge is -2.10. The van der Waals surface area contributed by atoms with E-state index in [9.17, 15) is 0 Å². The van der Waals surface area contributed by atoms with Crippen molar-refractivity contribution in [2.45, 2.75) is 0 Å². The number of rotatable bonds is 7. The van der Waals surface area contributed by atoms with Gasteiger partial charge in [0.1, 0.15) is 16.8 Å². The molecule has 6 heteroatoms. The third-order valence-corrected chi connectivity index (χ3v) is 9.77. The first-order chi connectivity index (χ1) is 27.2. The first-order valence-corrected chi connectivity index (χ1v) is 18.2. The molecule has 0 unspecified atom stereocenters. The minimum atomic E-state index is 0.583. The van der Waals surface area contributed by atoms with Crippen LogP contribution < -0.4 is 0 Å². The van der Waals surface area contributed by atoms with Crippen molar-refractivity contribution in [3.05, 3.63) is 188 Å². The zero-order chi connectivity index (χ0) is 36.6. The molecule has 0 N–H and O–H groups in total. The predicted molar refractivity (Wildman–Crippen MR) is 221 cm³/mol. The summed E-state index contributed by atoms with van der Waals surface area (Å²) >= 11 is 0. The molecule has 55 heavy (non-hydrogen) atoms. The quantitative estimate of drug-likeness (QED) is 0.164. The fourth-order valence-electron chi connectivity index (χ4n) is 7.02. The summed E-state index contributed by atoms with van der Waals surface area (Å²) in [4.78, 5) is 25.2. The second-order valence-electron chi connectivity index (χ2n) is 13.3. The van der Waals surface area contributed by atoms with Gasteiger partial charge >= 0.3 is 0 Å².